The smallest absolute Gasteiger partial charge is 0.0416 e. The maximum atomic E-state index is 4.13. The largest absolute Gasteiger partial charge is 0.381 e. The second-order valence-electron chi connectivity index (χ2n) is 5.96. The second-order valence-corrected chi connectivity index (χ2v) is 5.96. The highest BCUT2D eigenvalue weighted by Crippen LogP contribution is 2.24. The fourth-order valence-electron chi connectivity index (χ4n) is 2.92. The summed E-state index contributed by atoms with van der Waals surface area (Å²) in [6, 6.07) is 12.9. The van der Waals surface area contributed by atoms with Crippen molar-refractivity contribution in [1.82, 2.24) is 4.98 Å². The summed E-state index contributed by atoms with van der Waals surface area (Å²) >= 11 is 0. The lowest BCUT2D eigenvalue weighted by Crippen LogP contribution is -2.34. The molecule has 0 aliphatic carbocycles. The van der Waals surface area contributed by atoms with Crippen LogP contribution in [0.4, 0.5) is 11.4 Å². The molecule has 1 aromatic heterocycles. The SMILES string of the molecule is CC1CCCN(c2ccc(NCc3cccnc3)cc2)C1. The van der Waals surface area contributed by atoms with Crippen LogP contribution in [0.25, 0.3) is 0 Å². The number of hydrogen-bond donors (Lipinski definition) is 1. The monoisotopic (exact) mass is 281 g/mol. The molecular formula is C18H23N3. The van der Waals surface area contributed by atoms with Gasteiger partial charge in [-0.25, -0.2) is 0 Å². The van der Waals surface area contributed by atoms with Gasteiger partial charge in [0.15, 0.2) is 0 Å². The van der Waals surface area contributed by atoms with E-state index in [1.165, 1.54) is 37.2 Å². The highest BCUT2D eigenvalue weighted by Gasteiger charge is 2.16. The van der Waals surface area contributed by atoms with Crippen molar-refractivity contribution < 1.29 is 0 Å². The average Bonchev–Trinajstić information content (AvgIpc) is 2.54. The Kier molecular flexibility index (Phi) is 4.39. The zero-order chi connectivity index (χ0) is 14.5. The Morgan fingerprint density at radius 2 is 2.10 bits per heavy atom. The molecule has 1 atom stereocenters. The maximum Gasteiger partial charge on any atom is 0.0416 e. The predicted octanol–water partition coefficient (Wildman–Crippen LogP) is 3.93. The molecule has 0 bridgehead atoms. The van der Waals surface area contributed by atoms with Crippen LogP contribution < -0.4 is 10.2 Å². The van der Waals surface area contributed by atoms with E-state index in [4.69, 9.17) is 0 Å². The number of aromatic nitrogens is 1. The number of nitrogens with one attached hydrogen (secondary N) is 1. The lowest BCUT2D eigenvalue weighted by atomic mass is 10.00. The number of piperidine rings is 1. The van der Waals surface area contributed by atoms with E-state index in [0.717, 1.165) is 18.2 Å². The van der Waals surface area contributed by atoms with Crippen molar-refractivity contribution in [3.8, 4) is 0 Å². The van der Waals surface area contributed by atoms with Crippen LogP contribution in [0.3, 0.4) is 0 Å². The first-order chi connectivity index (χ1) is 10.3. The van der Waals surface area contributed by atoms with Crippen LogP contribution in [0.2, 0.25) is 0 Å². The van der Waals surface area contributed by atoms with Gasteiger partial charge in [0.05, 0.1) is 0 Å². The second kappa shape index (κ2) is 6.61. The van der Waals surface area contributed by atoms with Gasteiger partial charge in [-0.05, 0) is 54.7 Å². The molecule has 1 aromatic carbocycles. The molecule has 2 heterocycles. The van der Waals surface area contributed by atoms with Crippen LogP contribution in [0.5, 0.6) is 0 Å². The van der Waals surface area contributed by atoms with Gasteiger partial charge in [0.2, 0.25) is 0 Å². The number of hydrogen-bond acceptors (Lipinski definition) is 3. The quantitative estimate of drug-likeness (QED) is 0.920. The molecule has 3 rings (SSSR count). The van der Waals surface area contributed by atoms with Gasteiger partial charge in [-0.2, -0.15) is 0 Å². The van der Waals surface area contributed by atoms with E-state index in [1.54, 1.807) is 6.20 Å². The van der Waals surface area contributed by atoms with E-state index in [0.29, 0.717) is 0 Å². The number of benzene rings is 1. The Bertz CT molecular complexity index is 550. The normalized spacial score (nSPS) is 18.5. The minimum Gasteiger partial charge on any atom is -0.381 e. The standard InChI is InChI=1S/C18H23N3/c1-15-4-3-11-21(14-15)18-8-6-17(7-9-18)20-13-16-5-2-10-19-12-16/h2,5-10,12,15,20H,3-4,11,13-14H2,1H3. The van der Waals surface area contributed by atoms with E-state index in [2.05, 4.69) is 52.5 Å². The third kappa shape index (κ3) is 3.75. The highest BCUT2D eigenvalue weighted by molar-refractivity contribution is 5.55. The third-order valence-corrected chi connectivity index (χ3v) is 4.11. The average molecular weight is 281 g/mol. The van der Waals surface area contributed by atoms with Gasteiger partial charge in [0.25, 0.3) is 0 Å². The number of nitrogens with zero attached hydrogens (tertiary/aromatic N) is 2. The number of rotatable bonds is 4. The van der Waals surface area contributed by atoms with Crippen LogP contribution >= 0.6 is 0 Å². The minimum atomic E-state index is 0.808. The Balaban J connectivity index is 1.59. The van der Waals surface area contributed by atoms with E-state index < -0.39 is 0 Å². The van der Waals surface area contributed by atoms with Crippen LogP contribution in [-0.2, 0) is 6.54 Å². The Labute approximate surface area is 127 Å². The minimum absolute atomic E-state index is 0.808. The van der Waals surface area contributed by atoms with Crippen LogP contribution in [0.1, 0.15) is 25.3 Å². The van der Waals surface area contributed by atoms with Crippen molar-refractivity contribution >= 4 is 11.4 Å². The molecule has 3 heteroatoms. The van der Waals surface area contributed by atoms with Crippen molar-refractivity contribution in [2.75, 3.05) is 23.3 Å². The molecule has 21 heavy (non-hydrogen) atoms. The molecule has 1 fully saturated rings. The van der Waals surface area contributed by atoms with Crippen LogP contribution in [0, 0.1) is 5.92 Å². The predicted molar refractivity (Wildman–Crippen MR) is 88.6 cm³/mol. The summed E-state index contributed by atoms with van der Waals surface area (Å²) in [6.45, 7) is 5.53. The topological polar surface area (TPSA) is 28.2 Å². The van der Waals surface area contributed by atoms with E-state index in [-0.39, 0.29) is 0 Å². The molecule has 1 saturated heterocycles. The lowest BCUT2D eigenvalue weighted by Gasteiger charge is -2.32. The highest BCUT2D eigenvalue weighted by atomic mass is 15.1. The van der Waals surface area contributed by atoms with Crippen molar-refractivity contribution in [3.63, 3.8) is 0 Å². The molecule has 1 aliphatic rings. The third-order valence-electron chi connectivity index (χ3n) is 4.11. The van der Waals surface area contributed by atoms with Gasteiger partial charge in [0, 0.05) is 43.4 Å². The fraction of sp³-hybridized carbons (Fsp3) is 0.389. The van der Waals surface area contributed by atoms with Gasteiger partial charge in [-0.15, -0.1) is 0 Å². The summed E-state index contributed by atoms with van der Waals surface area (Å²) in [4.78, 5) is 6.63. The molecule has 1 aliphatic heterocycles. The molecule has 0 radical (unpaired) electrons. The summed E-state index contributed by atoms with van der Waals surface area (Å²) in [5.74, 6) is 0.808. The van der Waals surface area contributed by atoms with E-state index in [9.17, 15) is 0 Å². The lowest BCUT2D eigenvalue weighted by molar-refractivity contribution is 0.447. The first-order valence-electron chi connectivity index (χ1n) is 7.79. The number of anilines is 2. The summed E-state index contributed by atoms with van der Waals surface area (Å²) in [5.41, 5.74) is 3.70. The Morgan fingerprint density at radius 1 is 1.24 bits per heavy atom. The maximum absolute atomic E-state index is 4.13. The van der Waals surface area contributed by atoms with E-state index in [1.807, 2.05) is 12.3 Å². The zero-order valence-electron chi connectivity index (χ0n) is 12.6. The Morgan fingerprint density at radius 3 is 2.81 bits per heavy atom. The molecular weight excluding hydrogens is 258 g/mol. The van der Waals surface area contributed by atoms with Crippen molar-refractivity contribution in [1.29, 1.82) is 0 Å². The summed E-state index contributed by atoms with van der Waals surface area (Å²) in [6.07, 6.45) is 6.37. The van der Waals surface area contributed by atoms with E-state index >= 15 is 0 Å². The molecule has 2 aromatic rings. The van der Waals surface area contributed by atoms with Gasteiger partial charge in [0.1, 0.15) is 0 Å². The van der Waals surface area contributed by atoms with Crippen molar-refractivity contribution in [2.45, 2.75) is 26.3 Å². The van der Waals surface area contributed by atoms with Gasteiger partial charge in [-0.1, -0.05) is 13.0 Å². The molecule has 0 spiro atoms. The molecule has 0 saturated carbocycles. The summed E-state index contributed by atoms with van der Waals surface area (Å²) in [5, 5.41) is 3.44. The van der Waals surface area contributed by atoms with Crippen LogP contribution in [-0.4, -0.2) is 18.1 Å². The molecule has 0 amide bonds. The summed E-state index contributed by atoms with van der Waals surface area (Å²) < 4.78 is 0. The Hall–Kier alpha value is -2.03. The molecule has 1 N–H and O–H groups in total. The molecule has 110 valence electrons. The van der Waals surface area contributed by atoms with Gasteiger partial charge < -0.3 is 10.2 Å². The van der Waals surface area contributed by atoms with Crippen molar-refractivity contribution in [2.24, 2.45) is 5.92 Å². The van der Waals surface area contributed by atoms with Crippen molar-refractivity contribution in [3.05, 3.63) is 54.4 Å². The van der Waals surface area contributed by atoms with Gasteiger partial charge in [-0.3, -0.25) is 4.98 Å². The number of pyridine rings is 1. The van der Waals surface area contributed by atoms with Crippen LogP contribution in [0.15, 0.2) is 48.8 Å². The molecule has 3 nitrogen and oxygen atoms in total. The first-order valence-corrected chi connectivity index (χ1v) is 7.79. The fourth-order valence-corrected chi connectivity index (χ4v) is 2.92. The zero-order valence-corrected chi connectivity index (χ0v) is 12.6. The van der Waals surface area contributed by atoms with Gasteiger partial charge >= 0.3 is 0 Å². The first kappa shape index (κ1) is 13.9. The summed E-state index contributed by atoms with van der Waals surface area (Å²) in [7, 11) is 0. The molecule has 1 unspecified atom stereocenters.